The number of furan rings is 1. The minimum Gasteiger partial charge on any atom is -0.463 e. The molecule has 1 rings (SSSR count). The summed E-state index contributed by atoms with van der Waals surface area (Å²) in [5, 5.41) is 3.38. The molecule has 1 heterocycles. The number of carbonyl (C=O) groups excluding carboxylic acids is 1. The van der Waals surface area contributed by atoms with Crippen LogP contribution < -0.4 is 5.32 Å². The van der Waals surface area contributed by atoms with Crippen molar-refractivity contribution in [2.75, 3.05) is 13.7 Å². The largest absolute Gasteiger partial charge is 0.463 e. The van der Waals surface area contributed by atoms with Gasteiger partial charge in [0, 0.05) is 0 Å². The first-order valence-corrected chi connectivity index (χ1v) is 6.25. The average Bonchev–Trinajstić information content (AvgIpc) is 2.75. The zero-order valence-corrected chi connectivity index (χ0v) is 11.9. The van der Waals surface area contributed by atoms with E-state index in [-0.39, 0.29) is 11.8 Å². The van der Waals surface area contributed by atoms with Crippen LogP contribution in [-0.2, 0) is 4.74 Å². The Balaban J connectivity index is 2.49. The molecule has 0 aliphatic heterocycles. The van der Waals surface area contributed by atoms with E-state index in [1.165, 1.54) is 7.11 Å². The number of hydrogen-bond donors (Lipinski definition) is 1. The molecular weight excluding hydrogens is 230 g/mol. The first-order valence-electron chi connectivity index (χ1n) is 6.25. The Morgan fingerprint density at radius 2 is 2.11 bits per heavy atom. The van der Waals surface area contributed by atoms with Gasteiger partial charge in [-0.05, 0) is 37.4 Å². The summed E-state index contributed by atoms with van der Waals surface area (Å²) < 4.78 is 10.0. The van der Waals surface area contributed by atoms with Crippen molar-refractivity contribution in [1.29, 1.82) is 0 Å². The summed E-state index contributed by atoms with van der Waals surface area (Å²) in [5.41, 5.74) is 0.313. The Morgan fingerprint density at radius 3 is 2.67 bits per heavy atom. The molecule has 0 amide bonds. The third kappa shape index (κ3) is 4.53. The van der Waals surface area contributed by atoms with Crippen molar-refractivity contribution in [2.24, 2.45) is 5.41 Å². The van der Waals surface area contributed by atoms with E-state index in [0.717, 1.165) is 18.7 Å². The van der Waals surface area contributed by atoms with Crippen LogP contribution in [0.25, 0.3) is 0 Å². The summed E-state index contributed by atoms with van der Waals surface area (Å²) in [6, 6.07) is 3.54. The summed E-state index contributed by atoms with van der Waals surface area (Å²) in [6.07, 6.45) is 1.09. The molecule has 18 heavy (non-hydrogen) atoms. The zero-order valence-electron chi connectivity index (χ0n) is 11.9. The lowest BCUT2D eigenvalue weighted by atomic mass is 9.92. The van der Waals surface area contributed by atoms with Crippen LogP contribution in [-0.4, -0.2) is 19.6 Å². The standard InChI is InChI=1S/C14H23NO3/c1-10(15-9-8-14(2,3)4)11-6-7-12(18-11)13(16)17-5/h6-7,10,15H,8-9H2,1-5H3. The van der Waals surface area contributed by atoms with Crippen molar-refractivity contribution < 1.29 is 13.9 Å². The third-order valence-electron chi connectivity index (χ3n) is 2.77. The number of carbonyl (C=O) groups is 1. The summed E-state index contributed by atoms with van der Waals surface area (Å²) in [4.78, 5) is 11.3. The highest BCUT2D eigenvalue weighted by Crippen LogP contribution is 2.20. The van der Waals surface area contributed by atoms with Gasteiger partial charge in [-0.15, -0.1) is 0 Å². The molecule has 0 aliphatic carbocycles. The summed E-state index contributed by atoms with van der Waals surface area (Å²) in [7, 11) is 1.34. The number of methoxy groups -OCH3 is 1. The lowest BCUT2D eigenvalue weighted by Crippen LogP contribution is -2.23. The maximum absolute atomic E-state index is 11.3. The Labute approximate surface area is 109 Å². The summed E-state index contributed by atoms with van der Waals surface area (Å²) >= 11 is 0. The van der Waals surface area contributed by atoms with E-state index in [9.17, 15) is 4.79 Å². The van der Waals surface area contributed by atoms with E-state index < -0.39 is 5.97 Å². The quantitative estimate of drug-likeness (QED) is 0.819. The smallest absolute Gasteiger partial charge is 0.373 e. The maximum atomic E-state index is 11.3. The highest BCUT2D eigenvalue weighted by atomic mass is 16.5. The molecule has 0 aliphatic rings. The zero-order chi connectivity index (χ0) is 13.8. The van der Waals surface area contributed by atoms with E-state index in [1.807, 2.05) is 6.92 Å². The second kappa shape index (κ2) is 6.05. The van der Waals surface area contributed by atoms with Crippen LogP contribution in [0.5, 0.6) is 0 Å². The van der Waals surface area contributed by atoms with Gasteiger partial charge in [-0.3, -0.25) is 0 Å². The predicted molar refractivity (Wildman–Crippen MR) is 70.5 cm³/mol. The van der Waals surface area contributed by atoms with E-state index in [1.54, 1.807) is 12.1 Å². The molecule has 0 bridgehead atoms. The normalized spacial score (nSPS) is 13.4. The Hall–Kier alpha value is -1.29. The molecule has 0 saturated carbocycles. The Morgan fingerprint density at radius 1 is 1.44 bits per heavy atom. The van der Waals surface area contributed by atoms with Gasteiger partial charge in [-0.2, -0.15) is 0 Å². The summed E-state index contributed by atoms with van der Waals surface area (Å²) in [6.45, 7) is 9.56. The van der Waals surface area contributed by atoms with Crippen LogP contribution >= 0.6 is 0 Å². The van der Waals surface area contributed by atoms with Crippen molar-refractivity contribution in [3.63, 3.8) is 0 Å². The van der Waals surface area contributed by atoms with Crippen molar-refractivity contribution in [1.82, 2.24) is 5.32 Å². The van der Waals surface area contributed by atoms with E-state index in [2.05, 4.69) is 30.8 Å². The molecule has 1 N–H and O–H groups in total. The minimum absolute atomic E-state index is 0.0887. The number of hydrogen-bond acceptors (Lipinski definition) is 4. The van der Waals surface area contributed by atoms with Gasteiger partial charge in [-0.25, -0.2) is 4.79 Å². The van der Waals surface area contributed by atoms with Gasteiger partial charge >= 0.3 is 5.97 Å². The highest BCUT2D eigenvalue weighted by molar-refractivity contribution is 5.86. The van der Waals surface area contributed by atoms with E-state index in [0.29, 0.717) is 5.41 Å². The van der Waals surface area contributed by atoms with Gasteiger partial charge in [0.25, 0.3) is 0 Å². The van der Waals surface area contributed by atoms with Gasteiger partial charge in [0.2, 0.25) is 5.76 Å². The van der Waals surface area contributed by atoms with E-state index >= 15 is 0 Å². The van der Waals surface area contributed by atoms with Gasteiger partial charge in [-0.1, -0.05) is 20.8 Å². The molecule has 1 aromatic rings. The van der Waals surface area contributed by atoms with Gasteiger partial charge < -0.3 is 14.5 Å². The fourth-order valence-corrected chi connectivity index (χ4v) is 1.56. The first kappa shape index (κ1) is 14.8. The molecule has 102 valence electrons. The summed E-state index contributed by atoms with van der Waals surface area (Å²) in [5.74, 6) is 0.560. The van der Waals surface area contributed by atoms with Crippen LogP contribution in [0.2, 0.25) is 0 Å². The topological polar surface area (TPSA) is 51.5 Å². The third-order valence-corrected chi connectivity index (χ3v) is 2.77. The predicted octanol–water partition coefficient (Wildman–Crippen LogP) is 3.15. The van der Waals surface area contributed by atoms with Gasteiger partial charge in [0.15, 0.2) is 0 Å². The number of ether oxygens (including phenoxy) is 1. The first-order chi connectivity index (χ1) is 8.33. The van der Waals surface area contributed by atoms with Crippen molar-refractivity contribution in [2.45, 2.75) is 40.2 Å². The van der Waals surface area contributed by atoms with Crippen LogP contribution in [0.3, 0.4) is 0 Å². The fraction of sp³-hybridized carbons (Fsp3) is 0.643. The second-order valence-corrected chi connectivity index (χ2v) is 5.68. The monoisotopic (exact) mass is 253 g/mol. The van der Waals surface area contributed by atoms with Crippen molar-refractivity contribution in [3.8, 4) is 0 Å². The van der Waals surface area contributed by atoms with Crippen LogP contribution in [0.15, 0.2) is 16.5 Å². The number of esters is 1. The lowest BCUT2D eigenvalue weighted by Gasteiger charge is -2.19. The SMILES string of the molecule is COC(=O)c1ccc(C(C)NCCC(C)(C)C)o1. The van der Waals surface area contributed by atoms with Crippen LogP contribution in [0.4, 0.5) is 0 Å². The lowest BCUT2D eigenvalue weighted by molar-refractivity contribution is 0.0562. The number of rotatable bonds is 5. The van der Waals surface area contributed by atoms with Crippen LogP contribution in [0, 0.1) is 5.41 Å². The molecule has 1 aromatic heterocycles. The molecular formula is C14H23NO3. The molecule has 1 atom stereocenters. The molecule has 4 heteroatoms. The second-order valence-electron chi connectivity index (χ2n) is 5.68. The van der Waals surface area contributed by atoms with E-state index in [4.69, 9.17) is 4.42 Å². The van der Waals surface area contributed by atoms with Crippen LogP contribution in [0.1, 0.15) is 56.5 Å². The molecule has 1 unspecified atom stereocenters. The molecule has 0 radical (unpaired) electrons. The highest BCUT2D eigenvalue weighted by Gasteiger charge is 2.16. The van der Waals surface area contributed by atoms with Gasteiger partial charge in [0.05, 0.1) is 13.2 Å². The fourth-order valence-electron chi connectivity index (χ4n) is 1.56. The number of nitrogens with one attached hydrogen (secondary N) is 1. The minimum atomic E-state index is -0.442. The van der Waals surface area contributed by atoms with Gasteiger partial charge in [0.1, 0.15) is 5.76 Å². The van der Waals surface area contributed by atoms with Crippen molar-refractivity contribution in [3.05, 3.63) is 23.7 Å². The molecule has 0 spiro atoms. The molecule has 4 nitrogen and oxygen atoms in total. The Bertz CT molecular complexity index is 390. The average molecular weight is 253 g/mol. The molecule has 0 saturated heterocycles. The van der Waals surface area contributed by atoms with Crippen molar-refractivity contribution >= 4 is 5.97 Å². The maximum Gasteiger partial charge on any atom is 0.373 e. The molecule has 0 aromatic carbocycles. The Kier molecular flexibility index (Phi) is 4.96. The molecule has 0 fully saturated rings.